The average Bonchev–Trinajstić information content (AvgIpc) is 3.21. The molecule has 1 atom stereocenters. The first-order chi connectivity index (χ1) is 11.1. The molecule has 0 spiro atoms. The number of nitrogens with zero attached hydrogens (tertiary/aromatic N) is 1. The Labute approximate surface area is 138 Å². The van der Waals surface area contributed by atoms with Crippen LogP contribution < -0.4 is 0 Å². The van der Waals surface area contributed by atoms with Gasteiger partial charge in [-0.1, -0.05) is 12.1 Å². The molecule has 0 N–H and O–H groups in total. The van der Waals surface area contributed by atoms with E-state index in [-0.39, 0.29) is 11.8 Å². The van der Waals surface area contributed by atoms with Crippen molar-refractivity contribution in [2.75, 3.05) is 7.11 Å². The average molecular weight is 331 g/mol. The van der Waals surface area contributed by atoms with Crippen LogP contribution in [0.5, 0.6) is 0 Å². The van der Waals surface area contributed by atoms with Gasteiger partial charge in [-0.2, -0.15) is 0 Å². The molecule has 120 valence electrons. The number of hydrogen-bond acceptors (Lipinski definition) is 4. The molecular weight excluding hydrogens is 313 g/mol. The molecule has 0 radical (unpaired) electrons. The zero-order valence-corrected chi connectivity index (χ0v) is 14.0. The molecule has 2 aromatic rings. The fourth-order valence-corrected chi connectivity index (χ4v) is 5.11. The Hall–Kier alpha value is -1.75. The number of rotatable bonds is 3. The number of fused-ring (bicyclic) bond motifs is 1. The lowest BCUT2D eigenvalue weighted by Gasteiger charge is -2.28. The molecule has 5 heteroatoms. The number of hydrogen-bond donors (Lipinski definition) is 0. The summed E-state index contributed by atoms with van der Waals surface area (Å²) in [6.45, 7) is 1.73. The quantitative estimate of drug-likeness (QED) is 0.802. The smallest absolute Gasteiger partial charge is 0.321 e. The first-order valence-electron chi connectivity index (χ1n) is 7.92. The third-order valence-corrected chi connectivity index (χ3v) is 6.45. The Bertz CT molecular complexity index is 796. The predicted octanol–water partition coefficient (Wildman–Crippen LogP) is 3.87. The van der Waals surface area contributed by atoms with Crippen molar-refractivity contribution in [1.82, 2.24) is 4.98 Å². The lowest BCUT2D eigenvalue weighted by Crippen LogP contribution is -2.36. The van der Waals surface area contributed by atoms with Crippen LogP contribution >= 0.6 is 11.3 Å². The summed E-state index contributed by atoms with van der Waals surface area (Å²) in [5.41, 5.74) is 1.33. The van der Waals surface area contributed by atoms with Gasteiger partial charge in [0.2, 0.25) is 0 Å². The zero-order chi connectivity index (χ0) is 16.2. The summed E-state index contributed by atoms with van der Waals surface area (Å²) in [7, 11) is 1.40. The molecule has 0 aliphatic heterocycles. The summed E-state index contributed by atoms with van der Waals surface area (Å²) in [6, 6.07) is 4.95. The van der Waals surface area contributed by atoms with E-state index in [0.717, 1.165) is 22.0 Å². The molecule has 1 heterocycles. The molecule has 0 bridgehead atoms. The molecular formula is C18H18FNO2S. The lowest BCUT2D eigenvalue weighted by molar-refractivity contribution is -0.145. The summed E-state index contributed by atoms with van der Waals surface area (Å²) in [4.78, 5) is 18.5. The second kappa shape index (κ2) is 5.13. The number of aromatic nitrogens is 1. The van der Waals surface area contributed by atoms with Crippen LogP contribution in [-0.2, 0) is 21.4 Å². The van der Waals surface area contributed by atoms with Crippen molar-refractivity contribution in [2.45, 2.75) is 43.9 Å². The third-order valence-electron chi connectivity index (χ3n) is 5.03. The summed E-state index contributed by atoms with van der Waals surface area (Å²) >= 11 is 1.62. The van der Waals surface area contributed by atoms with Gasteiger partial charge in [-0.3, -0.25) is 4.79 Å². The molecule has 4 rings (SSSR count). The summed E-state index contributed by atoms with van der Waals surface area (Å²) in [6.07, 6.45) is 3.69. The summed E-state index contributed by atoms with van der Waals surface area (Å²) in [5.74, 6) is -0.0448. The molecule has 2 aliphatic carbocycles. The van der Waals surface area contributed by atoms with E-state index in [9.17, 15) is 9.18 Å². The van der Waals surface area contributed by atoms with E-state index in [0.29, 0.717) is 23.5 Å². The molecule has 1 fully saturated rings. The molecule has 23 heavy (non-hydrogen) atoms. The van der Waals surface area contributed by atoms with Crippen LogP contribution in [0.1, 0.15) is 51.9 Å². The number of aryl methyl sites for hydroxylation is 1. The Morgan fingerprint density at radius 2 is 2.22 bits per heavy atom. The zero-order valence-electron chi connectivity index (χ0n) is 13.2. The van der Waals surface area contributed by atoms with Crippen molar-refractivity contribution < 1.29 is 13.9 Å². The van der Waals surface area contributed by atoms with E-state index in [1.807, 2.05) is 6.07 Å². The number of methoxy groups -OCH3 is 1. The number of ether oxygens (including phenoxy) is 1. The first kappa shape index (κ1) is 14.8. The van der Waals surface area contributed by atoms with Crippen LogP contribution in [0.15, 0.2) is 18.2 Å². The van der Waals surface area contributed by atoms with Gasteiger partial charge in [-0.05, 0) is 49.8 Å². The van der Waals surface area contributed by atoms with Gasteiger partial charge in [0, 0.05) is 10.8 Å². The molecule has 0 unspecified atom stereocenters. The minimum Gasteiger partial charge on any atom is -0.468 e. The van der Waals surface area contributed by atoms with Gasteiger partial charge in [0.25, 0.3) is 0 Å². The van der Waals surface area contributed by atoms with Gasteiger partial charge in [-0.15, -0.1) is 11.3 Å². The highest BCUT2D eigenvalue weighted by Gasteiger charge is 2.51. The maximum atomic E-state index is 14.1. The van der Waals surface area contributed by atoms with Crippen molar-refractivity contribution in [2.24, 2.45) is 0 Å². The van der Waals surface area contributed by atoms with Crippen molar-refractivity contribution in [3.05, 3.63) is 50.7 Å². The molecule has 2 aliphatic rings. The number of carbonyl (C=O) groups is 1. The van der Waals surface area contributed by atoms with E-state index in [1.165, 1.54) is 26.0 Å². The monoisotopic (exact) mass is 331 g/mol. The van der Waals surface area contributed by atoms with Crippen LogP contribution in [0.4, 0.5) is 4.39 Å². The van der Waals surface area contributed by atoms with Crippen LogP contribution in [-0.4, -0.2) is 18.1 Å². The number of esters is 1. The standard InChI is InChI=1S/C18H18FNO2S/c1-10-12(4-3-5-13(10)19)18(17(21)22-2)9-8-14-15(18)23-16(20-14)11-6-7-11/h3-5,11H,6-9H2,1-2H3/t18-/m1/s1. The van der Waals surface area contributed by atoms with Crippen LogP contribution in [0.2, 0.25) is 0 Å². The Morgan fingerprint density at radius 3 is 2.91 bits per heavy atom. The third kappa shape index (κ3) is 2.06. The van der Waals surface area contributed by atoms with Gasteiger partial charge in [0.1, 0.15) is 11.2 Å². The normalized spacial score (nSPS) is 22.9. The maximum Gasteiger partial charge on any atom is 0.321 e. The Balaban J connectivity index is 1.93. The molecule has 1 aromatic heterocycles. The van der Waals surface area contributed by atoms with Crippen molar-refractivity contribution in [1.29, 1.82) is 0 Å². The number of benzene rings is 1. The van der Waals surface area contributed by atoms with E-state index in [2.05, 4.69) is 0 Å². The van der Waals surface area contributed by atoms with Gasteiger partial charge < -0.3 is 4.74 Å². The first-order valence-corrected chi connectivity index (χ1v) is 8.73. The topological polar surface area (TPSA) is 39.2 Å². The summed E-state index contributed by atoms with van der Waals surface area (Å²) in [5, 5.41) is 1.12. The predicted molar refractivity (Wildman–Crippen MR) is 86.3 cm³/mol. The Kier molecular flexibility index (Phi) is 3.30. The van der Waals surface area contributed by atoms with Crippen molar-refractivity contribution in [3.8, 4) is 0 Å². The molecule has 0 saturated heterocycles. The van der Waals surface area contributed by atoms with Crippen LogP contribution in [0.25, 0.3) is 0 Å². The number of thiazole rings is 1. The largest absolute Gasteiger partial charge is 0.468 e. The van der Waals surface area contributed by atoms with Gasteiger partial charge >= 0.3 is 5.97 Å². The van der Waals surface area contributed by atoms with Crippen LogP contribution in [0, 0.1) is 12.7 Å². The molecule has 0 amide bonds. The highest BCUT2D eigenvalue weighted by molar-refractivity contribution is 7.12. The SMILES string of the molecule is COC(=O)[C@@]1(c2cccc(F)c2C)CCc2nc(C3CC3)sc21. The minimum absolute atomic E-state index is 0.286. The fraction of sp³-hybridized carbons (Fsp3) is 0.444. The molecule has 1 saturated carbocycles. The second-order valence-corrected chi connectivity index (χ2v) is 7.44. The molecule has 1 aromatic carbocycles. The van der Waals surface area contributed by atoms with E-state index in [4.69, 9.17) is 9.72 Å². The fourth-order valence-electron chi connectivity index (χ4n) is 3.60. The van der Waals surface area contributed by atoms with E-state index in [1.54, 1.807) is 24.3 Å². The van der Waals surface area contributed by atoms with E-state index < -0.39 is 5.41 Å². The molecule has 3 nitrogen and oxygen atoms in total. The van der Waals surface area contributed by atoms with Gasteiger partial charge in [0.15, 0.2) is 0 Å². The number of halogens is 1. The number of carbonyl (C=O) groups excluding carboxylic acids is 1. The highest BCUT2D eigenvalue weighted by atomic mass is 32.1. The maximum absolute atomic E-state index is 14.1. The Morgan fingerprint density at radius 1 is 1.43 bits per heavy atom. The summed E-state index contributed by atoms with van der Waals surface area (Å²) < 4.78 is 19.3. The van der Waals surface area contributed by atoms with Crippen LogP contribution in [0.3, 0.4) is 0 Å². The highest BCUT2D eigenvalue weighted by Crippen LogP contribution is 2.52. The van der Waals surface area contributed by atoms with Gasteiger partial charge in [0.05, 0.1) is 17.8 Å². The van der Waals surface area contributed by atoms with E-state index >= 15 is 0 Å². The van der Waals surface area contributed by atoms with Gasteiger partial charge in [-0.25, -0.2) is 9.37 Å². The lowest BCUT2D eigenvalue weighted by atomic mass is 9.77. The van der Waals surface area contributed by atoms with Crippen molar-refractivity contribution in [3.63, 3.8) is 0 Å². The van der Waals surface area contributed by atoms with Crippen molar-refractivity contribution >= 4 is 17.3 Å². The second-order valence-electron chi connectivity index (χ2n) is 6.41. The minimum atomic E-state index is -0.902.